The third-order valence-electron chi connectivity index (χ3n) is 2.24. The van der Waals surface area contributed by atoms with Gasteiger partial charge in [0.1, 0.15) is 22.8 Å². The lowest BCUT2D eigenvalue weighted by atomic mass is 10.2. The van der Waals surface area contributed by atoms with Gasteiger partial charge in [-0.15, -0.1) is 0 Å². The molecule has 0 saturated heterocycles. The molecule has 0 aliphatic heterocycles. The molecule has 2 rings (SSSR count). The lowest BCUT2D eigenvalue weighted by Crippen LogP contribution is -2.06. The van der Waals surface area contributed by atoms with Gasteiger partial charge in [-0.2, -0.15) is 13.2 Å². The molecule has 5 heteroatoms. The number of phenolic OH excluding ortho intramolecular Hbond substituents is 1. The molecule has 0 bridgehead atoms. The van der Waals surface area contributed by atoms with Gasteiger partial charge in [0.25, 0.3) is 0 Å². The number of halogens is 3. The Morgan fingerprint density at radius 2 is 1.61 bits per heavy atom. The zero-order valence-electron chi connectivity index (χ0n) is 9.11. The topological polar surface area (TPSA) is 29.5 Å². The molecule has 1 N–H and O–H groups in total. The first kappa shape index (κ1) is 12.3. The predicted octanol–water partition coefficient (Wildman–Crippen LogP) is 4.20. The normalized spacial score (nSPS) is 11.3. The van der Waals surface area contributed by atoms with Crippen LogP contribution in [0.25, 0.3) is 0 Å². The fourth-order valence-corrected chi connectivity index (χ4v) is 1.44. The molecule has 0 saturated carbocycles. The van der Waals surface area contributed by atoms with Crippen molar-refractivity contribution in [2.45, 2.75) is 6.18 Å². The summed E-state index contributed by atoms with van der Waals surface area (Å²) >= 11 is 0. The molecule has 2 aromatic carbocycles. The van der Waals surface area contributed by atoms with E-state index in [2.05, 4.69) is 0 Å². The number of alkyl halides is 3. The summed E-state index contributed by atoms with van der Waals surface area (Å²) in [5.74, 6) is -0.497. The molecule has 2 aromatic rings. The molecule has 2 nitrogen and oxygen atoms in total. The van der Waals surface area contributed by atoms with E-state index in [4.69, 9.17) is 9.84 Å². The Kier molecular flexibility index (Phi) is 3.14. The van der Waals surface area contributed by atoms with Crippen LogP contribution in [0.4, 0.5) is 13.2 Å². The molecule has 0 spiro atoms. The highest BCUT2D eigenvalue weighted by atomic mass is 19.4. The minimum Gasteiger partial charge on any atom is -0.508 e. The van der Waals surface area contributed by atoms with Gasteiger partial charge < -0.3 is 9.84 Å². The van der Waals surface area contributed by atoms with E-state index in [-0.39, 0.29) is 5.75 Å². The van der Waals surface area contributed by atoms with Crippen molar-refractivity contribution >= 4 is 0 Å². The van der Waals surface area contributed by atoms with Gasteiger partial charge in [0.2, 0.25) is 0 Å². The fraction of sp³-hybridized carbons (Fsp3) is 0.0769. The second-order valence-electron chi connectivity index (χ2n) is 3.59. The Balaban J connectivity index is 2.39. The van der Waals surface area contributed by atoms with Crippen LogP contribution >= 0.6 is 0 Å². The zero-order chi connectivity index (χ0) is 13.2. The van der Waals surface area contributed by atoms with Gasteiger partial charge >= 0.3 is 6.18 Å². The quantitative estimate of drug-likeness (QED) is 0.870. The Morgan fingerprint density at radius 1 is 0.944 bits per heavy atom. The Morgan fingerprint density at radius 3 is 2.22 bits per heavy atom. The minimum atomic E-state index is -4.58. The van der Waals surface area contributed by atoms with E-state index in [1.54, 1.807) is 30.3 Å². The molecular weight excluding hydrogens is 245 g/mol. The third-order valence-corrected chi connectivity index (χ3v) is 2.24. The molecular formula is C13H9F3O2. The van der Waals surface area contributed by atoms with Crippen LogP contribution < -0.4 is 4.74 Å². The molecule has 0 aliphatic carbocycles. The second kappa shape index (κ2) is 4.60. The molecule has 0 heterocycles. The molecule has 0 fully saturated rings. The van der Waals surface area contributed by atoms with Crippen molar-refractivity contribution < 1.29 is 23.0 Å². The maximum absolute atomic E-state index is 12.7. The SMILES string of the molecule is Oc1ccc(Oc2ccccc2)c(C(F)(F)F)c1. The largest absolute Gasteiger partial charge is 0.508 e. The third kappa shape index (κ3) is 2.74. The Bertz CT molecular complexity index is 536. The molecule has 0 aromatic heterocycles. The summed E-state index contributed by atoms with van der Waals surface area (Å²) in [5.41, 5.74) is -1.01. The first-order chi connectivity index (χ1) is 8.47. The van der Waals surface area contributed by atoms with Gasteiger partial charge in [-0.3, -0.25) is 0 Å². The van der Waals surface area contributed by atoms with Crippen molar-refractivity contribution in [2.75, 3.05) is 0 Å². The Labute approximate surface area is 101 Å². The summed E-state index contributed by atoms with van der Waals surface area (Å²) in [5, 5.41) is 9.11. The van der Waals surface area contributed by atoms with Crippen molar-refractivity contribution in [3.63, 3.8) is 0 Å². The molecule has 0 unspecified atom stereocenters. The van der Waals surface area contributed by atoms with E-state index in [0.29, 0.717) is 11.8 Å². The number of benzene rings is 2. The van der Waals surface area contributed by atoms with Crippen molar-refractivity contribution in [1.29, 1.82) is 0 Å². The molecule has 18 heavy (non-hydrogen) atoms. The lowest BCUT2D eigenvalue weighted by Gasteiger charge is -2.13. The summed E-state index contributed by atoms with van der Waals surface area (Å²) in [6, 6.07) is 11.0. The van der Waals surface area contributed by atoms with Gasteiger partial charge in [0.15, 0.2) is 0 Å². The highest BCUT2D eigenvalue weighted by Gasteiger charge is 2.35. The van der Waals surface area contributed by atoms with Crippen LogP contribution in [-0.2, 0) is 6.18 Å². The van der Waals surface area contributed by atoms with Crippen molar-refractivity contribution in [2.24, 2.45) is 0 Å². The number of phenols is 1. The summed E-state index contributed by atoms with van der Waals surface area (Å²) in [7, 11) is 0. The van der Waals surface area contributed by atoms with Crippen molar-refractivity contribution in [3.05, 3.63) is 54.1 Å². The number of ether oxygens (including phenoxy) is 1. The van der Waals surface area contributed by atoms with E-state index in [1.807, 2.05) is 0 Å². The van der Waals surface area contributed by atoms with E-state index in [1.165, 1.54) is 0 Å². The summed E-state index contributed by atoms with van der Waals surface area (Å²) in [6.07, 6.45) is -4.58. The van der Waals surface area contributed by atoms with Crippen LogP contribution in [0.5, 0.6) is 17.2 Å². The highest BCUT2D eigenvalue weighted by molar-refractivity contribution is 5.43. The standard InChI is InChI=1S/C13H9F3O2/c14-13(15,16)11-8-9(17)6-7-12(11)18-10-4-2-1-3-5-10/h1-8,17H. The van der Waals surface area contributed by atoms with Gasteiger partial charge in [0.05, 0.1) is 0 Å². The minimum absolute atomic E-state index is 0.300. The predicted molar refractivity (Wildman–Crippen MR) is 59.6 cm³/mol. The van der Waals surface area contributed by atoms with Crippen LogP contribution in [0.1, 0.15) is 5.56 Å². The maximum atomic E-state index is 12.7. The zero-order valence-corrected chi connectivity index (χ0v) is 9.11. The van der Waals surface area contributed by atoms with Crippen LogP contribution in [0, 0.1) is 0 Å². The molecule has 94 valence electrons. The lowest BCUT2D eigenvalue weighted by molar-refractivity contribution is -0.138. The van der Waals surface area contributed by atoms with Crippen molar-refractivity contribution in [3.8, 4) is 17.2 Å². The number of hydrogen-bond donors (Lipinski definition) is 1. The van der Waals surface area contributed by atoms with Crippen LogP contribution in [-0.4, -0.2) is 5.11 Å². The van der Waals surface area contributed by atoms with Crippen molar-refractivity contribution in [1.82, 2.24) is 0 Å². The number of aromatic hydroxyl groups is 1. The number of hydrogen-bond acceptors (Lipinski definition) is 2. The Hall–Kier alpha value is -2.17. The molecule has 0 atom stereocenters. The average molecular weight is 254 g/mol. The molecule has 0 radical (unpaired) electrons. The number of para-hydroxylation sites is 1. The van der Waals surface area contributed by atoms with Gasteiger partial charge in [0, 0.05) is 0 Å². The van der Waals surface area contributed by atoms with Gasteiger partial charge in [-0.25, -0.2) is 0 Å². The van der Waals surface area contributed by atoms with Gasteiger partial charge in [-0.1, -0.05) is 18.2 Å². The fourth-order valence-electron chi connectivity index (χ4n) is 1.44. The van der Waals surface area contributed by atoms with Gasteiger partial charge in [-0.05, 0) is 30.3 Å². The summed E-state index contributed by atoms with van der Waals surface area (Å²) < 4.78 is 43.4. The maximum Gasteiger partial charge on any atom is 0.420 e. The molecule has 0 amide bonds. The van der Waals surface area contributed by atoms with E-state index in [9.17, 15) is 13.2 Å². The first-order valence-corrected chi connectivity index (χ1v) is 5.10. The smallest absolute Gasteiger partial charge is 0.420 e. The van der Waals surface area contributed by atoms with E-state index < -0.39 is 17.5 Å². The first-order valence-electron chi connectivity index (χ1n) is 5.10. The van der Waals surface area contributed by atoms with Crippen LogP contribution in [0.2, 0.25) is 0 Å². The number of rotatable bonds is 2. The summed E-state index contributed by atoms with van der Waals surface area (Å²) in [4.78, 5) is 0. The van der Waals surface area contributed by atoms with Crippen LogP contribution in [0.3, 0.4) is 0 Å². The van der Waals surface area contributed by atoms with Crippen LogP contribution in [0.15, 0.2) is 48.5 Å². The monoisotopic (exact) mass is 254 g/mol. The van der Waals surface area contributed by atoms with E-state index >= 15 is 0 Å². The van der Waals surface area contributed by atoms with E-state index in [0.717, 1.165) is 12.1 Å². The summed E-state index contributed by atoms with van der Waals surface area (Å²) in [6.45, 7) is 0. The molecule has 0 aliphatic rings. The average Bonchev–Trinajstić information content (AvgIpc) is 2.31. The second-order valence-corrected chi connectivity index (χ2v) is 3.59. The highest BCUT2D eigenvalue weighted by Crippen LogP contribution is 2.39.